The van der Waals surface area contributed by atoms with E-state index in [0.29, 0.717) is 0 Å². The first kappa shape index (κ1) is 18.3. The van der Waals surface area contributed by atoms with E-state index < -0.39 is 0 Å². The molecule has 28 heavy (non-hydrogen) atoms. The van der Waals surface area contributed by atoms with Gasteiger partial charge in [0.2, 0.25) is 0 Å². The highest BCUT2D eigenvalue weighted by Gasteiger charge is 2.26. The summed E-state index contributed by atoms with van der Waals surface area (Å²) in [6.07, 6.45) is 5.54. The third-order valence-corrected chi connectivity index (χ3v) is 5.50. The monoisotopic (exact) mass is 378 g/mol. The van der Waals surface area contributed by atoms with Gasteiger partial charge in [-0.25, -0.2) is 9.78 Å². The van der Waals surface area contributed by atoms with E-state index in [9.17, 15) is 4.79 Å². The van der Waals surface area contributed by atoms with E-state index >= 15 is 0 Å². The number of rotatable bonds is 4. The number of urea groups is 1. The third-order valence-electron chi connectivity index (χ3n) is 5.50. The maximum absolute atomic E-state index is 12.8. The van der Waals surface area contributed by atoms with E-state index in [1.54, 1.807) is 0 Å². The topological polar surface area (TPSA) is 66.3 Å². The number of hydrogen-bond acceptors (Lipinski definition) is 4. The molecule has 146 valence electrons. The van der Waals surface area contributed by atoms with Crippen molar-refractivity contribution in [2.45, 2.75) is 32.4 Å². The molecule has 1 aliphatic heterocycles. The fourth-order valence-corrected chi connectivity index (χ4v) is 3.80. The molecule has 1 aliphatic rings. The molecule has 1 aromatic carbocycles. The van der Waals surface area contributed by atoms with Crippen LogP contribution in [0.25, 0.3) is 10.9 Å². The molecule has 4 rings (SSSR count). The van der Waals surface area contributed by atoms with E-state index in [2.05, 4.69) is 27.2 Å². The van der Waals surface area contributed by atoms with Crippen molar-refractivity contribution in [1.29, 1.82) is 0 Å². The molecule has 0 bridgehead atoms. The molecule has 2 amide bonds. The Kier molecular flexibility index (Phi) is 5.14. The minimum absolute atomic E-state index is 0.0711. The first-order valence-corrected chi connectivity index (χ1v) is 9.81. The van der Waals surface area contributed by atoms with E-state index in [1.165, 1.54) is 0 Å². The summed E-state index contributed by atoms with van der Waals surface area (Å²) in [7, 11) is 1.88. The summed E-state index contributed by atoms with van der Waals surface area (Å²) in [5.74, 6) is 1.01. The van der Waals surface area contributed by atoms with E-state index in [0.717, 1.165) is 54.9 Å². The smallest absolute Gasteiger partial charge is 0.321 e. The van der Waals surface area contributed by atoms with Crippen LogP contribution in [0.2, 0.25) is 0 Å². The first-order chi connectivity index (χ1) is 13.7. The number of aryl methyl sites for hydroxylation is 1. The molecule has 7 nitrogen and oxygen atoms in total. The second kappa shape index (κ2) is 7.88. The normalized spacial score (nSPS) is 15.0. The standard InChI is InChI=1S/C21H26N6O/c1-3-27-19-14-17(8-7-16(19)15-23-27)24-21(28)25(2)18-9-12-26(13-10-18)20-6-4-5-11-22-20/h4-8,11,14-15,18H,3,9-10,12-13H2,1-2H3,(H,24,28). The number of carbonyl (C=O) groups excluding carboxylic acids is 1. The molecular weight excluding hydrogens is 352 g/mol. The van der Waals surface area contributed by atoms with Crippen LogP contribution in [0.1, 0.15) is 19.8 Å². The predicted molar refractivity (Wildman–Crippen MR) is 112 cm³/mol. The van der Waals surface area contributed by atoms with Crippen LogP contribution in [0.15, 0.2) is 48.8 Å². The Bertz CT molecular complexity index is 946. The molecule has 1 N–H and O–H groups in total. The SMILES string of the molecule is CCn1ncc2ccc(NC(=O)N(C)C3CCN(c4ccccn4)CC3)cc21. The molecule has 1 saturated heterocycles. The number of amides is 2. The lowest BCUT2D eigenvalue weighted by atomic mass is 10.0. The van der Waals surface area contributed by atoms with Gasteiger partial charge in [0.25, 0.3) is 0 Å². The van der Waals surface area contributed by atoms with Crippen molar-refractivity contribution in [2.75, 3.05) is 30.4 Å². The second-order valence-corrected chi connectivity index (χ2v) is 7.18. The quantitative estimate of drug-likeness (QED) is 0.753. The molecule has 3 aromatic rings. The van der Waals surface area contributed by atoms with Gasteiger partial charge >= 0.3 is 6.03 Å². The average Bonchev–Trinajstić information content (AvgIpc) is 3.16. The number of nitrogens with one attached hydrogen (secondary N) is 1. The second-order valence-electron chi connectivity index (χ2n) is 7.18. The Morgan fingerprint density at radius 3 is 2.79 bits per heavy atom. The van der Waals surface area contributed by atoms with Crippen molar-refractivity contribution in [1.82, 2.24) is 19.7 Å². The van der Waals surface area contributed by atoms with Crippen LogP contribution < -0.4 is 10.2 Å². The largest absolute Gasteiger partial charge is 0.356 e. The Labute approximate surface area is 165 Å². The Hall–Kier alpha value is -3.09. The lowest BCUT2D eigenvalue weighted by Gasteiger charge is -2.37. The lowest BCUT2D eigenvalue weighted by molar-refractivity contribution is 0.193. The highest BCUT2D eigenvalue weighted by Crippen LogP contribution is 2.22. The third kappa shape index (κ3) is 3.65. The molecule has 3 heterocycles. The fraction of sp³-hybridized carbons (Fsp3) is 0.381. The van der Waals surface area contributed by atoms with Crippen molar-refractivity contribution in [2.24, 2.45) is 0 Å². The first-order valence-electron chi connectivity index (χ1n) is 9.81. The number of carbonyl (C=O) groups is 1. The van der Waals surface area contributed by atoms with Gasteiger partial charge in [-0.3, -0.25) is 4.68 Å². The predicted octanol–water partition coefficient (Wildman–Crippen LogP) is 3.58. The summed E-state index contributed by atoms with van der Waals surface area (Å²) in [4.78, 5) is 21.3. The van der Waals surface area contributed by atoms with Gasteiger partial charge in [0, 0.05) is 50.0 Å². The maximum Gasteiger partial charge on any atom is 0.321 e. The summed E-state index contributed by atoms with van der Waals surface area (Å²) < 4.78 is 1.93. The molecule has 0 unspecified atom stereocenters. The molecule has 0 saturated carbocycles. The minimum Gasteiger partial charge on any atom is -0.356 e. The maximum atomic E-state index is 12.8. The highest BCUT2D eigenvalue weighted by atomic mass is 16.2. The molecule has 0 radical (unpaired) electrons. The molecule has 0 aliphatic carbocycles. The molecular formula is C21H26N6O. The van der Waals surface area contributed by atoms with Gasteiger partial charge in [0.05, 0.1) is 11.7 Å². The summed E-state index contributed by atoms with van der Waals surface area (Å²) in [5, 5.41) is 8.47. The highest BCUT2D eigenvalue weighted by molar-refractivity contribution is 5.92. The number of anilines is 2. The number of fused-ring (bicyclic) bond motifs is 1. The number of pyridine rings is 1. The van der Waals surface area contributed by atoms with Gasteiger partial charge in [-0.05, 0) is 50.1 Å². The number of benzene rings is 1. The zero-order valence-corrected chi connectivity index (χ0v) is 16.4. The Balaban J connectivity index is 1.37. The van der Waals surface area contributed by atoms with Crippen LogP contribution in [-0.2, 0) is 6.54 Å². The van der Waals surface area contributed by atoms with Crippen LogP contribution in [0.4, 0.5) is 16.3 Å². The number of nitrogens with zero attached hydrogens (tertiary/aromatic N) is 5. The molecule has 0 atom stereocenters. The van der Waals surface area contributed by atoms with Gasteiger partial charge in [0.1, 0.15) is 5.82 Å². The fourth-order valence-electron chi connectivity index (χ4n) is 3.80. The zero-order chi connectivity index (χ0) is 19.5. The van der Waals surface area contributed by atoms with Gasteiger partial charge in [-0.15, -0.1) is 0 Å². The zero-order valence-electron chi connectivity index (χ0n) is 16.4. The number of piperidine rings is 1. The Morgan fingerprint density at radius 2 is 2.07 bits per heavy atom. The molecule has 1 fully saturated rings. The van der Waals surface area contributed by atoms with Gasteiger partial charge in [0.15, 0.2) is 0 Å². The van der Waals surface area contributed by atoms with Crippen molar-refractivity contribution >= 4 is 28.4 Å². The van der Waals surface area contributed by atoms with Crippen LogP contribution in [0, 0.1) is 0 Å². The van der Waals surface area contributed by atoms with E-state index in [1.807, 2.05) is 65.4 Å². The average molecular weight is 378 g/mol. The van der Waals surface area contributed by atoms with Gasteiger partial charge < -0.3 is 15.1 Å². The molecule has 0 spiro atoms. The van der Waals surface area contributed by atoms with Crippen molar-refractivity contribution in [3.05, 3.63) is 48.8 Å². The van der Waals surface area contributed by atoms with E-state index in [4.69, 9.17) is 0 Å². The summed E-state index contributed by atoms with van der Waals surface area (Å²) in [5.41, 5.74) is 1.83. The number of aromatic nitrogens is 3. The minimum atomic E-state index is -0.0711. The summed E-state index contributed by atoms with van der Waals surface area (Å²) >= 11 is 0. The van der Waals surface area contributed by atoms with Gasteiger partial charge in [-0.2, -0.15) is 5.10 Å². The van der Waals surface area contributed by atoms with Gasteiger partial charge in [-0.1, -0.05) is 6.07 Å². The summed E-state index contributed by atoms with van der Waals surface area (Å²) in [6, 6.07) is 12.0. The van der Waals surface area contributed by atoms with Crippen LogP contribution >= 0.6 is 0 Å². The van der Waals surface area contributed by atoms with Crippen LogP contribution in [0.5, 0.6) is 0 Å². The van der Waals surface area contributed by atoms with E-state index in [-0.39, 0.29) is 12.1 Å². The van der Waals surface area contributed by atoms with Crippen molar-refractivity contribution in [3.63, 3.8) is 0 Å². The van der Waals surface area contributed by atoms with Crippen LogP contribution in [0.3, 0.4) is 0 Å². The number of hydrogen-bond donors (Lipinski definition) is 1. The molecule has 7 heteroatoms. The summed E-state index contributed by atoms with van der Waals surface area (Å²) in [6.45, 7) is 4.67. The van der Waals surface area contributed by atoms with Crippen LogP contribution in [-0.4, -0.2) is 51.9 Å². The Morgan fingerprint density at radius 1 is 1.25 bits per heavy atom. The van der Waals surface area contributed by atoms with Crippen molar-refractivity contribution < 1.29 is 4.79 Å². The lowest BCUT2D eigenvalue weighted by Crippen LogP contribution is -2.47. The molecule has 2 aromatic heterocycles. The van der Waals surface area contributed by atoms with Crippen molar-refractivity contribution in [3.8, 4) is 0 Å².